The number of halogens is 3. The predicted octanol–water partition coefficient (Wildman–Crippen LogP) is 0.138. The van der Waals surface area contributed by atoms with Crippen molar-refractivity contribution in [2.45, 2.75) is 19.0 Å². The molecule has 4 rings (SSSR count). The number of anilines is 1. The third-order valence-corrected chi connectivity index (χ3v) is 7.59. The molecule has 2 aromatic rings. The van der Waals surface area contributed by atoms with E-state index in [-0.39, 0.29) is 29.8 Å². The van der Waals surface area contributed by atoms with Gasteiger partial charge in [0.25, 0.3) is 5.82 Å². The van der Waals surface area contributed by atoms with Crippen molar-refractivity contribution in [2.75, 3.05) is 56.6 Å². The molecule has 182 valence electrons. The summed E-state index contributed by atoms with van der Waals surface area (Å²) in [7, 11) is -3.45. The summed E-state index contributed by atoms with van der Waals surface area (Å²) in [4.78, 5) is 14.3. The van der Waals surface area contributed by atoms with Crippen LogP contribution in [0.4, 0.5) is 19.0 Å². The van der Waals surface area contributed by atoms with Crippen LogP contribution in [0.15, 0.2) is 12.1 Å². The second-order valence-electron chi connectivity index (χ2n) is 7.86. The van der Waals surface area contributed by atoms with E-state index in [1.807, 2.05) is 0 Å². The topological polar surface area (TPSA) is 122 Å². The summed E-state index contributed by atoms with van der Waals surface area (Å²) in [5.41, 5.74) is -0.00706. The average molecular weight is 491 g/mol. The van der Waals surface area contributed by atoms with Crippen LogP contribution in [-0.2, 0) is 25.7 Å². The van der Waals surface area contributed by atoms with Crippen molar-refractivity contribution in [1.82, 2.24) is 29.4 Å². The molecular weight excluding hydrogens is 467 g/mol. The zero-order valence-corrected chi connectivity index (χ0v) is 18.5. The third kappa shape index (κ3) is 5.35. The van der Waals surface area contributed by atoms with E-state index in [1.165, 1.54) is 10.4 Å². The Morgan fingerprint density at radius 2 is 1.82 bits per heavy atom. The van der Waals surface area contributed by atoms with E-state index >= 15 is 0 Å². The molecule has 0 spiro atoms. The van der Waals surface area contributed by atoms with Crippen molar-refractivity contribution in [1.29, 1.82) is 0 Å². The number of aromatic nitrogens is 4. The second-order valence-corrected chi connectivity index (χ2v) is 9.95. The molecule has 0 saturated carbocycles. The molecule has 0 unspecified atom stereocenters. The van der Waals surface area contributed by atoms with E-state index in [1.54, 1.807) is 11.0 Å². The van der Waals surface area contributed by atoms with Gasteiger partial charge in [-0.1, -0.05) is 0 Å². The average Bonchev–Trinajstić information content (AvgIpc) is 3.23. The van der Waals surface area contributed by atoms with Crippen LogP contribution in [0.3, 0.4) is 0 Å². The van der Waals surface area contributed by atoms with E-state index in [0.29, 0.717) is 62.6 Å². The molecule has 1 N–H and O–H groups in total. The van der Waals surface area contributed by atoms with Crippen LogP contribution < -0.4 is 10.2 Å². The maximum Gasteiger partial charge on any atom is 0.453 e. The van der Waals surface area contributed by atoms with Gasteiger partial charge < -0.3 is 15.0 Å². The van der Waals surface area contributed by atoms with Gasteiger partial charge in [-0.3, -0.25) is 4.79 Å². The molecule has 2 aliphatic rings. The number of hydrogen-bond acceptors (Lipinski definition) is 8. The van der Waals surface area contributed by atoms with Crippen molar-refractivity contribution in [2.24, 2.45) is 5.92 Å². The summed E-state index contributed by atoms with van der Waals surface area (Å²) in [6.45, 7) is 2.22. The van der Waals surface area contributed by atoms with Crippen LogP contribution in [0.1, 0.15) is 18.7 Å². The normalized spacial score (nSPS) is 19.2. The fraction of sp³-hybridized carbons (Fsp3) is 0.667. The Kier molecular flexibility index (Phi) is 6.72. The number of hydrogen-bond donors (Lipinski definition) is 1. The fourth-order valence-corrected chi connectivity index (χ4v) is 5.22. The molecule has 0 radical (unpaired) electrons. The molecule has 33 heavy (non-hydrogen) atoms. The van der Waals surface area contributed by atoms with Crippen LogP contribution in [-0.4, -0.2) is 90.1 Å². The number of carbonyl (C=O) groups excluding carboxylic acids is 1. The van der Waals surface area contributed by atoms with E-state index in [0.717, 1.165) is 0 Å². The smallest absolute Gasteiger partial charge is 0.379 e. The minimum absolute atomic E-state index is 0.00706. The van der Waals surface area contributed by atoms with Gasteiger partial charge in [0.05, 0.1) is 19.0 Å². The number of nitrogens with one attached hydrogen (secondary N) is 1. The minimum Gasteiger partial charge on any atom is -0.379 e. The first kappa shape index (κ1) is 23.6. The first-order valence-electron chi connectivity index (χ1n) is 10.5. The lowest BCUT2D eigenvalue weighted by molar-refractivity contribution is -0.146. The lowest BCUT2D eigenvalue weighted by atomic mass is 9.96. The highest BCUT2D eigenvalue weighted by molar-refractivity contribution is 7.89. The molecule has 0 atom stereocenters. The van der Waals surface area contributed by atoms with E-state index in [2.05, 4.69) is 20.6 Å². The number of carbonyl (C=O) groups is 1. The number of ether oxygens (including phenoxy) is 1. The Bertz CT molecular complexity index is 1090. The minimum atomic E-state index is -4.68. The van der Waals surface area contributed by atoms with Crippen LogP contribution in [0.2, 0.25) is 0 Å². The summed E-state index contributed by atoms with van der Waals surface area (Å²) in [6.07, 6.45) is -3.74. The number of piperidine rings is 1. The molecule has 2 aliphatic heterocycles. The summed E-state index contributed by atoms with van der Waals surface area (Å²) in [6, 6.07) is 2.99. The Morgan fingerprint density at radius 3 is 2.48 bits per heavy atom. The number of morpholine rings is 1. The van der Waals surface area contributed by atoms with E-state index in [4.69, 9.17) is 4.74 Å². The molecule has 15 heteroatoms. The quantitative estimate of drug-likeness (QED) is 0.606. The van der Waals surface area contributed by atoms with Gasteiger partial charge in [0.15, 0.2) is 5.65 Å². The van der Waals surface area contributed by atoms with Gasteiger partial charge in [-0.05, 0) is 25.0 Å². The number of amides is 1. The maximum absolute atomic E-state index is 13.1. The Morgan fingerprint density at radius 1 is 1.12 bits per heavy atom. The highest BCUT2D eigenvalue weighted by Gasteiger charge is 2.38. The predicted molar refractivity (Wildman–Crippen MR) is 110 cm³/mol. The number of rotatable bonds is 6. The molecule has 2 saturated heterocycles. The fourth-order valence-electron chi connectivity index (χ4n) is 3.90. The van der Waals surface area contributed by atoms with Gasteiger partial charge in [-0.25, -0.2) is 8.42 Å². The van der Waals surface area contributed by atoms with Gasteiger partial charge in [-0.15, -0.1) is 15.3 Å². The molecule has 0 bridgehead atoms. The summed E-state index contributed by atoms with van der Waals surface area (Å²) >= 11 is 0. The van der Waals surface area contributed by atoms with Crippen LogP contribution in [0, 0.1) is 5.92 Å². The molecule has 2 aromatic heterocycles. The summed E-state index contributed by atoms with van der Waals surface area (Å²) in [5.74, 6) is -1.57. The summed E-state index contributed by atoms with van der Waals surface area (Å²) in [5, 5.41) is 13.4. The van der Waals surface area contributed by atoms with Gasteiger partial charge in [-0.2, -0.15) is 22.0 Å². The zero-order valence-electron chi connectivity index (χ0n) is 17.7. The highest BCUT2D eigenvalue weighted by Crippen LogP contribution is 2.28. The van der Waals surface area contributed by atoms with Gasteiger partial charge in [0, 0.05) is 38.6 Å². The van der Waals surface area contributed by atoms with Gasteiger partial charge in [0.1, 0.15) is 5.82 Å². The number of sulfonamides is 1. The largest absolute Gasteiger partial charge is 0.453 e. The van der Waals surface area contributed by atoms with E-state index < -0.39 is 22.0 Å². The van der Waals surface area contributed by atoms with Gasteiger partial charge >= 0.3 is 6.18 Å². The lowest BCUT2D eigenvalue weighted by Gasteiger charge is -2.32. The molecule has 1 amide bonds. The van der Waals surface area contributed by atoms with Crippen molar-refractivity contribution >= 4 is 27.4 Å². The molecule has 2 fully saturated rings. The zero-order chi connectivity index (χ0) is 23.6. The number of nitrogens with zero attached hydrogens (tertiary/aromatic N) is 6. The van der Waals surface area contributed by atoms with Crippen molar-refractivity contribution < 1.29 is 31.1 Å². The monoisotopic (exact) mass is 491 g/mol. The standard InChI is InChI=1S/C18H24F3N7O4S/c19-18(20,21)17-24-23-14-1-2-15(25-28(14)17)26-6-3-13(4-7-26)16(29)22-5-12-33(30,31)27-8-10-32-11-9-27/h1-2,13H,3-12H2,(H,22,29). The molecule has 11 nitrogen and oxygen atoms in total. The molecule has 0 aromatic carbocycles. The highest BCUT2D eigenvalue weighted by atomic mass is 32.2. The van der Waals surface area contributed by atoms with E-state index in [9.17, 15) is 26.4 Å². The first-order valence-corrected chi connectivity index (χ1v) is 12.1. The van der Waals surface area contributed by atoms with Crippen molar-refractivity contribution in [3.05, 3.63) is 18.0 Å². The van der Waals surface area contributed by atoms with Crippen LogP contribution in [0.25, 0.3) is 5.65 Å². The van der Waals surface area contributed by atoms with Crippen LogP contribution >= 0.6 is 0 Å². The molecule has 4 heterocycles. The molecular formula is C18H24F3N7O4S. The van der Waals surface area contributed by atoms with Crippen LogP contribution in [0.5, 0.6) is 0 Å². The van der Waals surface area contributed by atoms with Crippen molar-refractivity contribution in [3.8, 4) is 0 Å². The Labute approximate surface area is 187 Å². The Hall–Kier alpha value is -2.52. The maximum atomic E-state index is 13.1. The first-order chi connectivity index (χ1) is 15.6. The lowest BCUT2D eigenvalue weighted by Crippen LogP contribution is -2.45. The molecule has 0 aliphatic carbocycles. The third-order valence-electron chi connectivity index (χ3n) is 5.71. The second kappa shape index (κ2) is 9.38. The summed E-state index contributed by atoms with van der Waals surface area (Å²) < 4.78 is 71.1. The number of alkyl halides is 3. The van der Waals surface area contributed by atoms with Gasteiger partial charge in [0.2, 0.25) is 15.9 Å². The number of fused-ring (bicyclic) bond motifs is 1. The van der Waals surface area contributed by atoms with Crippen molar-refractivity contribution in [3.63, 3.8) is 0 Å². The SMILES string of the molecule is O=C(NCCS(=O)(=O)N1CCOCC1)C1CCN(c2ccc3nnc(C(F)(F)F)n3n2)CC1. The Balaban J connectivity index is 1.29.